The number of rotatable bonds is 6. The highest BCUT2D eigenvalue weighted by Crippen LogP contribution is 2.39. The van der Waals surface area contributed by atoms with Gasteiger partial charge in [-0.25, -0.2) is 4.39 Å². The summed E-state index contributed by atoms with van der Waals surface area (Å²) in [5.41, 5.74) is 2.04. The molecule has 0 unspecified atom stereocenters. The number of hydrogen-bond donors (Lipinski definition) is 0. The fourth-order valence-electron chi connectivity index (χ4n) is 3.21. The van der Waals surface area contributed by atoms with Gasteiger partial charge in [-0.3, -0.25) is 14.5 Å². The van der Waals surface area contributed by atoms with Gasteiger partial charge in [-0.15, -0.1) is 0 Å². The SMILES string of the molecule is O=C1C(Sc2ccccc2)=C(c2ccccc2)C(=O)N1CCc1ccc(F)cc1. The second-order valence-electron chi connectivity index (χ2n) is 6.62. The fraction of sp³-hybridized carbons (Fsp3) is 0.0833. The van der Waals surface area contributed by atoms with Gasteiger partial charge in [0, 0.05) is 11.4 Å². The van der Waals surface area contributed by atoms with Crippen molar-refractivity contribution in [3.8, 4) is 0 Å². The highest BCUT2D eigenvalue weighted by molar-refractivity contribution is 8.04. The van der Waals surface area contributed by atoms with E-state index >= 15 is 0 Å². The summed E-state index contributed by atoms with van der Waals surface area (Å²) >= 11 is 1.31. The minimum atomic E-state index is -0.309. The summed E-state index contributed by atoms with van der Waals surface area (Å²) in [5.74, 6) is -0.886. The molecule has 0 atom stereocenters. The maximum Gasteiger partial charge on any atom is 0.268 e. The number of hydrogen-bond acceptors (Lipinski definition) is 3. The standard InChI is InChI=1S/C24H18FNO2S/c25-19-13-11-17(12-14-19)15-16-26-23(27)21(18-7-3-1-4-8-18)22(24(26)28)29-20-9-5-2-6-10-20/h1-14H,15-16H2. The van der Waals surface area contributed by atoms with Crippen molar-refractivity contribution in [1.82, 2.24) is 4.90 Å². The second kappa shape index (κ2) is 8.45. The number of carbonyl (C=O) groups is 2. The van der Waals surface area contributed by atoms with Crippen molar-refractivity contribution in [2.45, 2.75) is 11.3 Å². The van der Waals surface area contributed by atoms with E-state index in [1.807, 2.05) is 60.7 Å². The van der Waals surface area contributed by atoms with Crippen molar-refractivity contribution in [2.75, 3.05) is 6.54 Å². The molecule has 0 fully saturated rings. The van der Waals surface area contributed by atoms with E-state index in [1.165, 1.54) is 28.8 Å². The molecule has 0 saturated carbocycles. The Hall–Kier alpha value is -3.18. The van der Waals surface area contributed by atoms with E-state index in [0.717, 1.165) is 16.0 Å². The van der Waals surface area contributed by atoms with Gasteiger partial charge >= 0.3 is 0 Å². The first-order chi connectivity index (χ1) is 14.1. The third-order valence-corrected chi connectivity index (χ3v) is 5.78. The smallest absolute Gasteiger partial charge is 0.268 e. The maximum absolute atomic E-state index is 13.2. The zero-order valence-electron chi connectivity index (χ0n) is 15.5. The van der Waals surface area contributed by atoms with Gasteiger partial charge in [0.25, 0.3) is 11.8 Å². The molecule has 0 aliphatic carbocycles. The lowest BCUT2D eigenvalue weighted by molar-refractivity contribution is -0.136. The molecule has 3 nitrogen and oxygen atoms in total. The van der Waals surface area contributed by atoms with Crippen LogP contribution in [-0.4, -0.2) is 23.3 Å². The molecule has 29 heavy (non-hydrogen) atoms. The number of nitrogens with zero attached hydrogens (tertiary/aromatic N) is 1. The van der Waals surface area contributed by atoms with E-state index < -0.39 is 0 Å². The Balaban J connectivity index is 1.63. The summed E-state index contributed by atoms with van der Waals surface area (Å²) in [6.45, 7) is 0.248. The Morgan fingerprint density at radius 1 is 0.759 bits per heavy atom. The van der Waals surface area contributed by atoms with Crippen LogP contribution in [0.1, 0.15) is 11.1 Å². The van der Waals surface area contributed by atoms with Gasteiger partial charge in [0.15, 0.2) is 0 Å². The van der Waals surface area contributed by atoms with Gasteiger partial charge in [-0.1, -0.05) is 72.4 Å². The topological polar surface area (TPSA) is 37.4 Å². The Bertz CT molecular complexity index is 1060. The van der Waals surface area contributed by atoms with Crippen LogP contribution in [0.4, 0.5) is 4.39 Å². The van der Waals surface area contributed by atoms with E-state index in [0.29, 0.717) is 16.9 Å². The molecule has 3 aromatic rings. The van der Waals surface area contributed by atoms with Crippen LogP contribution in [0, 0.1) is 5.82 Å². The lowest BCUT2D eigenvalue weighted by atomic mass is 10.1. The van der Waals surface area contributed by atoms with Crippen molar-refractivity contribution in [3.63, 3.8) is 0 Å². The van der Waals surface area contributed by atoms with Crippen LogP contribution in [0.15, 0.2) is 94.7 Å². The highest BCUT2D eigenvalue weighted by atomic mass is 32.2. The van der Waals surface area contributed by atoms with E-state index in [-0.39, 0.29) is 24.2 Å². The molecule has 0 spiro atoms. The maximum atomic E-state index is 13.2. The quantitative estimate of drug-likeness (QED) is 0.547. The van der Waals surface area contributed by atoms with E-state index in [2.05, 4.69) is 0 Å². The molecule has 3 aromatic carbocycles. The Morgan fingerprint density at radius 3 is 2.03 bits per heavy atom. The van der Waals surface area contributed by atoms with E-state index in [4.69, 9.17) is 0 Å². The number of carbonyl (C=O) groups excluding carboxylic acids is 2. The lowest BCUT2D eigenvalue weighted by Gasteiger charge is -2.15. The fourth-order valence-corrected chi connectivity index (χ4v) is 4.24. The molecular formula is C24H18FNO2S. The predicted octanol–water partition coefficient (Wildman–Crippen LogP) is 4.94. The average molecular weight is 403 g/mol. The molecular weight excluding hydrogens is 385 g/mol. The van der Waals surface area contributed by atoms with Crippen molar-refractivity contribution in [3.05, 3.63) is 107 Å². The van der Waals surface area contributed by atoms with Crippen LogP contribution < -0.4 is 0 Å². The molecule has 1 heterocycles. The van der Waals surface area contributed by atoms with Crippen molar-refractivity contribution in [2.24, 2.45) is 0 Å². The van der Waals surface area contributed by atoms with E-state index in [1.54, 1.807) is 12.1 Å². The van der Waals surface area contributed by atoms with Gasteiger partial charge in [0.1, 0.15) is 5.82 Å². The van der Waals surface area contributed by atoms with Crippen LogP contribution in [0.25, 0.3) is 5.57 Å². The number of halogens is 1. The molecule has 1 aliphatic heterocycles. The van der Waals surface area contributed by atoms with Crippen molar-refractivity contribution in [1.29, 1.82) is 0 Å². The highest BCUT2D eigenvalue weighted by Gasteiger charge is 2.39. The summed E-state index contributed by atoms with van der Waals surface area (Å²) in [5, 5.41) is 0. The first-order valence-corrected chi connectivity index (χ1v) is 10.1. The molecule has 144 valence electrons. The van der Waals surface area contributed by atoms with Crippen LogP contribution in [0.5, 0.6) is 0 Å². The molecule has 2 amide bonds. The largest absolute Gasteiger partial charge is 0.274 e. The van der Waals surface area contributed by atoms with Crippen molar-refractivity contribution < 1.29 is 14.0 Å². The van der Waals surface area contributed by atoms with Crippen LogP contribution in [-0.2, 0) is 16.0 Å². The first-order valence-electron chi connectivity index (χ1n) is 9.27. The monoisotopic (exact) mass is 403 g/mol. The Morgan fingerprint density at radius 2 is 1.38 bits per heavy atom. The summed E-state index contributed by atoms with van der Waals surface area (Å²) in [7, 11) is 0. The summed E-state index contributed by atoms with van der Waals surface area (Å²) in [6.07, 6.45) is 0.475. The van der Waals surface area contributed by atoms with Crippen LogP contribution in [0.2, 0.25) is 0 Å². The minimum Gasteiger partial charge on any atom is -0.274 e. The van der Waals surface area contributed by atoms with Gasteiger partial charge in [0.05, 0.1) is 10.5 Å². The first kappa shape index (κ1) is 19.2. The molecule has 5 heteroatoms. The average Bonchev–Trinajstić information content (AvgIpc) is 2.98. The number of benzene rings is 3. The molecule has 4 rings (SSSR count). The van der Waals surface area contributed by atoms with Crippen LogP contribution in [0.3, 0.4) is 0 Å². The number of imide groups is 1. The predicted molar refractivity (Wildman–Crippen MR) is 112 cm³/mol. The minimum absolute atomic E-state index is 0.248. The molecule has 0 saturated heterocycles. The molecule has 0 bridgehead atoms. The van der Waals surface area contributed by atoms with Gasteiger partial charge in [0.2, 0.25) is 0 Å². The lowest BCUT2D eigenvalue weighted by Crippen LogP contribution is -2.33. The van der Waals surface area contributed by atoms with Gasteiger partial charge in [-0.2, -0.15) is 0 Å². The summed E-state index contributed by atoms with van der Waals surface area (Å²) in [4.78, 5) is 28.9. The molecule has 0 aromatic heterocycles. The number of amides is 2. The molecule has 0 radical (unpaired) electrons. The van der Waals surface area contributed by atoms with Gasteiger partial charge in [-0.05, 0) is 41.8 Å². The third-order valence-electron chi connectivity index (χ3n) is 4.69. The zero-order chi connectivity index (χ0) is 20.2. The number of thioether (sulfide) groups is 1. The summed E-state index contributed by atoms with van der Waals surface area (Å²) in [6, 6.07) is 24.9. The molecule has 0 N–H and O–H groups in total. The zero-order valence-corrected chi connectivity index (χ0v) is 16.4. The second-order valence-corrected chi connectivity index (χ2v) is 7.71. The van der Waals surface area contributed by atoms with Crippen molar-refractivity contribution >= 4 is 29.1 Å². The van der Waals surface area contributed by atoms with E-state index in [9.17, 15) is 14.0 Å². The van der Waals surface area contributed by atoms with Crippen LogP contribution >= 0.6 is 11.8 Å². The molecule has 1 aliphatic rings. The Labute approximate surface area is 172 Å². The third kappa shape index (κ3) is 4.15. The Kier molecular flexibility index (Phi) is 5.58. The summed E-state index contributed by atoms with van der Waals surface area (Å²) < 4.78 is 13.1. The van der Waals surface area contributed by atoms with Gasteiger partial charge < -0.3 is 0 Å². The normalized spacial score (nSPS) is 14.0.